The van der Waals surface area contributed by atoms with E-state index < -0.39 is 15.5 Å². The van der Waals surface area contributed by atoms with E-state index in [4.69, 9.17) is 23.2 Å². The van der Waals surface area contributed by atoms with Gasteiger partial charge < -0.3 is 0 Å². The zero-order valence-corrected chi connectivity index (χ0v) is 8.50. The number of halogens is 2. The Morgan fingerprint density at radius 2 is 1.92 bits per heavy atom. The van der Waals surface area contributed by atoms with Gasteiger partial charge in [-0.25, -0.2) is 0 Å². The predicted octanol–water partition coefficient (Wildman–Crippen LogP) is 2.12. The largest absolute Gasteiger partial charge is 0.297 e. The lowest BCUT2D eigenvalue weighted by Gasteiger charge is -2.18. The Labute approximate surface area is 81.2 Å². The zero-order chi connectivity index (χ0) is 9.57. The van der Waals surface area contributed by atoms with Gasteiger partial charge in [-0.2, -0.15) is 0 Å². The summed E-state index contributed by atoms with van der Waals surface area (Å²) in [6.07, 6.45) is 0.969. The van der Waals surface area contributed by atoms with Crippen LogP contribution in [0.4, 0.5) is 0 Å². The van der Waals surface area contributed by atoms with E-state index in [0.29, 0.717) is 12.8 Å². The van der Waals surface area contributed by atoms with E-state index in [1.165, 1.54) is 0 Å². The standard InChI is InChI=1S/C8H10Cl2O2/c1-7(6(9)12)3-4-8(2,10)5(7)11/h3-4H2,1-2H3/t7-,8-/m1/s1. The summed E-state index contributed by atoms with van der Waals surface area (Å²) in [5.74, 6) is -0.253. The summed E-state index contributed by atoms with van der Waals surface area (Å²) >= 11 is 11.2. The lowest BCUT2D eigenvalue weighted by Crippen LogP contribution is -2.36. The minimum atomic E-state index is -1.06. The predicted molar refractivity (Wildman–Crippen MR) is 47.5 cm³/mol. The number of ketones is 1. The highest BCUT2D eigenvalue weighted by Gasteiger charge is 2.54. The smallest absolute Gasteiger partial charge is 0.235 e. The molecule has 1 fully saturated rings. The van der Waals surface area contributed by atoms with Gasteiger partial charge in [0, 0.05) is 0 Å². The van der Waals surface area contributed by atoms with Crippen molar-refractivity contribution in [1.82, 2.24) is 0 Å². The summed E-state index contributed by atoms with van der Waals surface area (Å²) in [5, 5.41) is -0.600. The van der Waals surface area contributed by atoms with E-state index in [0.717, 1.165) is 0 Å². The van der Waals surface area contributed by atoms with Crippen molar-refractivity contribution in [3.05, 3.63) is 0 Å². The second kappa shape index (κ2) is 2.71. The Bertz CT molecular complexity index is 247. The number of hydrogen-bond acceptors (Lipinski definition) is 2. The highest BCUT2D eigenvalue weighted by molar-refractivity contribution is 6.67. The highest BCUT2D eigenvalue weighted by atomic mass is 35.5. The summed E-state index contributed by atoms with van der Waals surface area (Å²) in [6.45, 7) is 3.18. The first kappa shape index (κ1) is 10.0. The molecule has 0 saturated heterocycles. The normalized spacial score (nSPS) is 41.8. The van der Waals surface area contributed by atoms with Crippen molar-refractivity contribution < 1.29 is 9.59 Å². The highest BCUT2D eigenvalue weighted by Crippen LogP contribution is 2.45. The van der Waals surface area contributed by atoms with Crippen LogP contribution in [-0.4, -0.2) is 15.9 Å². The maximum absolute atomic E-state index is 11.6. The van der Waals surface area contributed by atoms with E-state index in [1.807, 2.05) is 0 Å². The molecule has 0 unspecified atom stereocenters. The Morgan fingerprint density at radius 3 is 2.08 bits per heavy atom. The molecule has 4 heteroatoms. The van der Waals surface area contributed by atoms with Crippen LogP contribution >= 0.6 is 23.2 Å². The molecule has 0 N–H and O–H groups in total. The molecule has 0 aromatic heterocycles. The third kappa shape index (κ3) is 1.27. The van der Waals surface area contributed by atoms with Gasteiger partial charge in [-0.05, 0) is 38.3 Å². The molecule has 1 aliphatic rings. The zero-order valence-electron chi connectivity index (χ0n) is 6.99. The molecule has 0 heterocycles. The van der Waals surface area contributed by atoms with E-state index in [1.54, 1.807) is 13.8 Å². The van der Waals surface area contributed by atoms with Crippen molar-refractivity contribution in [3.8, 4) is 0 Å². The first-order valence-corrected chi connectivity index (χ1v) is 4.50. The lowest BCUT2D eigenvalue weighted by molar-refractivity contribution is -0.134. The minimum absolute atomic E-state index is 0.253. The van der Waals surface area contributed by atoms with Crippen LogP contribution in [-0.2, 0) is 9.59 Å². The third-order valence-electron chi connectivity index (χ3n) is 2.50. The lowest BCUT2D eigenvalue weighted by atomic mass is 9.88. The van der Waals surface area contributed by atoms with E-state index >= 15 is 0 Å². The summed E-state index contributed by atoms with van der Waals surface area (Å²) in [6, 6.07) is 0. The monoisotopic (exact) mass is 208 g/mol. The van der Waals surface area contributed by atoms with Crippen LogP contribution in [0.3, 0.4) is 0 Å². The molecule has 1 saturated carbocycles. The second-order valence-corrected chi connectivity index (χ2v) is 4.81. The van der Waals surface area contributed by atoms with Gasteiger partial charge in [0.15, 0.2) is 5.78 Å². The van der Waals surface area contributed by atoms with Crippen LogP contribution in [0.1, 0.15) is 26.7 Å². The molecule has 0 aliphatic heterocycles. The number of carbonyl (C=O) groups excluding carboxylic acids is 2. The topological polar surface area (TPSA) is 34.1 Å². The van der Waals surface area contributed by atoms with Gasteiger partial charge in [0.25, 0.3) is 0 Å². The molecule has 0 radical (unpaired) electrons. The van der Waals surface area contributed by atoms with Crippen LogP contribution < -0.4 is 0 Å². The molecule has 2 nitrogen and oxygen atoms in total. The first-order valence-electron chi connectivity index (χ1n) is 3.74. The summed E-state index contributed by atoms with van der Waals surface area (Å²) in [4.78, 5) is 21.6. The molecule has 0 aromatic rings. The van der Waals surface area contributed by atoms with Gasteiger partial charge in [0.1, 0.15) is 10.3 Å². The molecular weight excluding hydrogens is 199 g/mol. The molecule has 12 heavy (non-hydrogen) atoms. The minimum Gasteiger partial charge on any atom is -0.297 e. The average molecular weight is 209 g/mol. The van der Waals surface area contributed by atoms with Crippen LogP contribution in [0.5, 0.6) is 0 Å². The Morgan fingerprint density at radius 1 is 1.42 bits per heavy atom. The Balaban J connectivity index is 3.01. The van der Waals surface area contributed by atoms with Crippen LogP contribution in [0.25, 0.3) is 0 Å². The average Bonchev–Trinajstić information content (AvgIpc) is 2.15. The fraction of sp³-hybridized carbons (Fsp3) is 0.750. The van der Waals surface area contributed by atoms with Gasteiger partial charge in [-0.15, -0.1) is 11.6 Å². The summed E-state index contributed by atoms with van der Waals surface area (Å²) < 4.78 is 0. The van der Waals surface area contributed by atoms with Crippen molar-refractivity contribution in [1.29, 1.82) is 0 Å². The van der Waals surface area contributed by atoms with Crippen molar-refractivity contribution >= 4 is 34.2 Å². The van der Waals surface area contributed by atoms with Crippen molar-refractivity contribution in [2.24, 2.45) is 5.41 Å². The van der Waals surface area contributed by atoms with Gasteiger partial charge in [-0.3, -0.25) is 9.59 Å². The Hall–Kier alpha value is -0.0800. The summed E-state index contributed by atoms with van der Waals surface area (Å²) in [5.41, 5.74) is -1.06. The maximum Gasteiger partial charge on any atom is 0.235 e. The van der Waals surface area contributed by atoms with E-state index in [9.17, 15) is 9.59 Å². The molecule has 0 bridgehead atoms. The Kier molecular flexibility index (Phi) is 2.26. The van der Waals surface area contributed by atoms with Crippen molar-refractivity contribution in [3.63, 3.8) is 0 Å². The summed E-state index contributed by atoms with van der Waals surface area (Å²) in [7, 11) is 0. The number of Topliss-reactive ketones (excluding diaryl/α,β-unsaturated/α-hetero) is 1. The van der Waals surface area contributed by atoms with Gasteiger partial charge in [0.05, 0.1) is 0 Å². The molecule has 1 rings (SSSR count). The number of hydrogen-bond donors (Lipinski definition) is 0. The quantitative estimate of drug-likeness (QED) is 0.376. The second-order valence-electron chi connectivity index (χ2n) is 3.63. The van der Waals surface area contributed by atoms with E-state index in [2.05, 4.69) is 0 Å². The fourth-order valence-corrected chi connectivity index (χ4v) is 1.96. The number of carbonyl (C=O) groups is 2. The number of alkyl halides is 1. The van der Waals surface area contributed by atoms with Gasteiger partial charge in [-0.1, -0.05) is 0 Å². The molecule has 0 spiro atoms. The molecule has 2 atom stereocenters. The number of rotatable bonds is 1. The van der Waals surface area contributed by atoms with Crippen LogP contribution in [0.15, 0.2) is 0 Å². The molecule has 0 aromatic carbocycles. The molecular formula is C8H10Cl2O2. The molecule has 1 aliphatic carbocycles. The third-order valence-corrected chi connectivity index (χ3v) is 3.28. The SMILES string of the molecule is C[C@@]1(C(=O)Cl)CC[C@@](C)(Cl)C1=O. The van der Waals surface area contributed by atoms with Gasteiger partial charge in [0.2, 0.25) is 5.24 Å². The van der Waals surface area contributed by atoms with Crippen LogP contribution in [0.2, 0.25) is 0 Å². The molecule has 68 valence electrons. The van der Waals surface area contributed by atoms with Crippen molar-refractivity contribution in [2.75, 3.05) is 0 Å². The fourth-order valence-electron chi connectivity index (χ4n) is 1.47. The van der Waals surface area contributed by atoms with Crippen LogP contribution in [0, 0.1) is 5.41 Å². The van der Waals surface area contributed by atoms with E-state index in [-0.39, 0.29) is 5.78 Å². The maximum atomic E-state index is 11.6. The molecule has 0 amide bonds. The first-order chi connectivity index (χ1) is 5.31. The van der Waals surface area contributed by atoms with Gasteiger partial charge >= 0.3 is 0 Å². The van der Waals surface area contributed by atoms with Crippen molar-refractivity contribution in [2.45, 2.75) is 31.6 Å².